The van der Waals surface area contributed by atoms with Crippen LogP contribution >= 0.6 is 0 Å². The molecule has 28 heavy (non-hydrogen) atoms. The van der Waals surface area contributed by atoms with Crippen LogP contribution in [0.1, 0.15) is 20.3 Å². The van der Waals surface area contributed by atoms with Gasteiger partial charge in [-0.15, -0.1) is 0 Å². The van der Waals surface area contributed by atoms with Crippen LogP contribution in [0.2, 0.25) is 0 Å². The molecule has 0 amide bonds. The molecular formula is C22H29N3O3. The maximum atomic E-state index is 12.7. The lowest BCUT2D eigenvalue weighted by Crippen LogP contribution is -2.56. The predicted molar refractivity (Wildman–Crippen MR) is 110 cm³/mol. The molecule has 1 fully saturated rings. The van der Waals surface area contributed by atoms with E-state index in [0.717, 1.165) is 32.6 Å². The molecule has 0 spiro atoms. The molecule has 3 rings (SSSR count). The molecular weight excluding hydrogens is 354 g/mol. The summed E-state index contributed by atoms with van der Waals surface area (Å²) in [6.07, 6.45) is 3.81. The van der Waals surface area contributed by atoms with E-state index >= 15 is 0 Å². The van der Waals surface area contributed by atoms with Crippen LogP contribution in [0.5, 0.6) is 5.75 Å². The van der Waals surface area contributed by atoms with Crippen molar-refractivity contribution in [1.82, 2.24) is 9.88 Å². The summed E-state index contributed by atoms with van der Waals surface area (Å²) in [6.45, 7) is 7.82. The Bertz CT molecular complexity index is 718. The maximum Gasteiger partial charge on any atom is 0.348 e. The first-order valence-electron chi connectivity index (χ1n) is 10.00. The molecule has 6 heteroatoms. The van der Waals surface area contributed by atoms with Gasteiger partial charge in [-0.2, -0.15) is 0 Å². The molecule has 2 atom stereocenters. The average molecular weight is 383 g/mol. The second-order valence-electron chi connectivity index (χ2n) is 6.81. The fourth-order valence-electron chi connectivity index (χ4n) is 3.68. The number of aromatic nitrogens is 1. The van der Waals surface area contributed by atoms with E-state index in [1.165, 1.54) is 5.69 Å². The third kappa shape index (κ3) is 5.01. The third-order valence-electron chi connectivity index (χ3n) is 5.10. The molecule has 150 valence electrons. The van der Waals surface area contributed by atoms with E-state index in [1.54, 1.807) is 0 Å². The second kappa shape index (κ2) is 10.1. The number of carbonyl (C=O) groups excluding carboxylic acids is 1. The predicted octanol–water partition coefficient (Wildman–Crippen LogP) is 2.99. The number of hydrogen-bond donors (Lipinski definition) is 0. The number of anilines is 1. The molecule has 0 radical (unpaired) electrons. The highest BCUT2D eigenvalue weighted by atomic mass is 16.6. The van der Waals surface area contributed by atoms with Gasteiger partial charge in [-0.05, 0) is 37.6 Å². The van der Waals surface area contributed by atoms with E-state index in [1.807, 2.05) is 61.8 Å². The van der Waals surface area contributed by atoms with Gasteiger partial charge in [0, 0.05) is 44.3 Å². The first-order valence-corrected chi connectivity index (χ1v) is 10.00. The highest BCUT2D eigenvalue weighted by molar-refractivity contribution is 5.76. The SMILES string of the molecule is CCOC(=O)C(Oc1ccccc1)C(CC)N1CCN(c2ccncc2)CC1. The van der Waals surface area contributed by atoms with Crippen molar-refractivity contribution >= 4 is 11.7 Å². The Morgan fingerprint density at radius 2 is 1.71 bits per heavy atom. The molecule has 2 heterocycles. The molecule has 1 aliphatic rings. The van der Waals surface area contributed by atoms with Crippen LogP contribution in [0.3, 0.4) is 0 Å². The lowest BCUT2D eigenvalue weighted by molar-refractivity contribution is -0.155. The van der Waals surface area contributed by atoms with Crippen molar-refractivity contribution in [2.45, 2.75) is 32.4 Å². The van der Waals surface area contributed by atoms with Gasteiger partial charge < -0.3 is 14.4 Å². The molecule has 0 N–H and O–H groups in total. The zero-order chi connectivity index (χ0) is 19.8. The van der Waals surface area contributed by atoms with E-state index in [9.17, 15) is 4.79 Å². The quantitative estimate of drug-likeness (QED) is 0.653. The number of nitrogens with zero attached hydrogens (tertiary/aromatic N) is 3. The molecule has 0 saturated carbocycles. The highest BCUT2D eigenvalue weighted by Crippen LogP contribution is 2.22. The number of rotatable bonds is 8. The summed E-state index contributed by atoms with van der Waals surface area (Å²) in [5.74, 6) is 0.393. The summed E-state index contributed by atoms with van der Waals surface area (Å²) in [7, 11) is 0. The minimum Gasteiger partial charge on any atom is -0.477 e. The van der Waals surface area contributed by atoms with E-state index in [4.69, 9.17) is 9.47 Å². The fraction of sp³-hybridized carbons (Fsp3) is 0.455. The molecule has 1 aromatic carbocycles. The van der Waals surface area contributed by atoms with Crippen molar-refractivity contribution in [3.05, 3.63) is 54.9 Å². The van der Waals surface area contributed by atoms with E-state index in [2.05, 4.69) is 21.7 Å². The number of hydrogen-bond acceptors (Lipinski definition) is 6. The summed E-state index contributed by atoms with van der Waals surface area (Å²) >= 11 is 0. The molecule has 1 aromatic heterocycles. The van der Waals surface area contributed by atoms with Gasteiger partial charge in [-0.25, -0.2) is 4.79 Å². The van der Waals surface area contributed by atoms with Crippen LogP contribution in [0.15, 0.2) is 54.9 Å². The van der Waals surface area contributed by atoms with Crippen LogP contribution < -0.4 is 9.64 Å². The van der Waals surface area contributed by atoms with Crippen LogP contribution in [0, 0.1) is 0 Å². The Balaban J connectivity index is 1.70. The molecule has 2 aromatic rings. The van der Waals surface area contributed by atoms with Crippen LogP contribution in [-0.4, -0.2) is 60.8 Å². The van der Waals surface area contributed by atoms with E-state index in [-0.39, 0.29) is 12.0 Å². The minimum absolute atomic E-state index is 0.0288. The zero-order valence-corrected chi connectivity index (χ0v) is 16.7. The van der Waals surface area contributed by atoms with Gasteiger partial charge >= 0.3 is 5.97 Å². The summed E-state index contributed by atoms with van der Waals surface area (Å²) in [6, 6.07) is 13.5. The van der Waals surface area contributed by atoms with Gasteiger partial charge in [0.05, 0.1) is 12.6 Å². The van der Waals surface area contributed by atoms with E-state index in [0.29, 0.717) is 12.4 Å². The maximum absolute atomic E-state index is 12.7. The van der Waals surface area contributed by atoms with Crippen molar-refractivity contribution in [3.63, 3.8) is 0 Å². The summed E-state index contributed by atoms with van der Waals surface area (Å²) in [5, 5.41) is 0. The number of ether oxygens (including phenoxy) is 2. The van der Waals surface area contributed by atoms with Gasteiger partial charge in [-0.3, -0.25) is 9.88 Å². The lowest BCUT2D eigenvalue weighted by Gasteiger charge is -2.41. The van der Waals surface area contributed by atoms with Crippen LogP contribution in [-0.2, 0) is 9.53 Å². The number of esters is 1. The first kappa shape index (κ1) is 20.1. The van der Waals surface area contributed by atoms with Gasteiger partial charge in [0.1, 0.15) is 5.75 Å². The Labute approximate surface area is 167 Å². The van der Waals surface area contributed by atoms with Crippen molar-refractivity contribution in [3.8, 4) is 5.75 Å². The number of para-hydroxylation sites is 1. The minimum atomic E-state index is -0.639. The molecule has 1 saturated heterocycles. The normalized spacial score (nSPS) is 17.0. The number of pyridine rings is 1. The second-order valence-corrected chi connectivity index (χ2v) is 6.81. The van der Waals surface area contributed by atoms with Crippen molar-refractivity contribution in [1.29, 1.82) is 0 Å². The zero-order valence-electron chi connectivity index (χ0n) is 16.7. The summed E-state index contributed by atoms with van der Waals surface area (Å²) < 4.78 is 11.4. The Morgan fingerprint density at radius 1 is 1.04 bits per heavy atom. The summed E-state index contributed by atoms with van der Waals surface area (Å²) in [4.78, 5) is 21.5. The molecule has 1 aliphatic heterocycles. The number of benzene rings is 1. The first-order chi connectivity index (χ1) is 13.7. The Hall–Kier alpha value is -2.60. The van der Waals surface area contributed by atoms with Crippen LogP contribution in [0.25, 0.3) is 0 Å². The van der Waals surface area contributed by atoms with Crippen LogP contribution in [0.4, 0.5) is 5.69 Å². The molecule has 0 aliphatic carbocycles. The topological polar surface area (TPSA) is 54.9 Å². The monoisotopic (exact) mass is 383 g/mol. The number of carbonyl (C=O) groups is 1. The lowest BCUT2D eigenvalue weighted by atomic mass is 10.0. The Morgan fingerprint density at radius 3 is 2.32 bits per heavy atom. The number of piperazine rings is 1. The van der Waals surface area contributed by atoms with Gasteiger partial charge in [-0.1, -0.05) is 25.1 Å². The standard InChI is InChI=1S/C22H29N3O3/c1-3-20(21(22(26)27-4-2)28-19-8-6-5-7-9-19)25-16-14-24(15-17-25)18-10-12-23-13-11-18/h5-13,20-21H,3-4,14-17H2,1-2H3. The van der Waals surface area contributed by atoms with E-state index < -0.39 is 6.10 Å². The van der Waals surface area contributed by atoms with Gasteiger partial charge in [0.2, 0.25) is 6.10 Å². The average Bonchev–Trinajstić information content (AvgIpc) is 2.75. The van der Waals surface area contributed by atoms with Crippen molar-refractivity contribution in [2.75, 3.05) is 37.7 Å². The summed E-state index contributed by atoms with van der Waals surface area (Å²) in [5.41, 5.74) is 1.19. The Kier molecular flexibility index (Phi) is 7.25. The smallest absolute Gasteiger partial charge is 0.348 e. The molecule has 0 bridgehead atoms. The molecule has 2 unspecified atom stereocenters. The molecule has 6 nitrogen and oxygen atoms in total. The largest absolute Gasteiger partial charge is 0.477 e. The van der Waals surface area contributed by atoms with Gasteiger partial charge in [0.25, 0.3) is 0 Å². The highest BCUT2D eigenvalue weighted by Gasteiger charge is 2.36. The van der Waals surface area contributed by atoms with Crippen molar-refractivity contribution < 1.29 is 14.3 Å². The van der Waals surface area contributed by atoms with Crippen molar-refractivity contribution in [2.24, 2.45) is 0 Å². The fourth-order valence-corrected chi connectivity index (χ4v) is 3.68. The third-order valence-corrected chi connectivity index (χ3v) is 5.10. The van der Waals surface area contributed by atoms with Gasteiger partial charge in [0.15, 0.2) is 0 Å².